The second kappa shape index (κ2) is 6.13. The van der Waals surface area contributed by atoms with Crippen LogP contribution in [0.25, 0.3) is 5.65 Å². The Hall–Kier alpha value is -2.08. The molecule has 0 saturated heterocycles. The van der Waals surface area contributed by atoms with Crippen LogP contribution in [0.4, 0.5) is 0 Å². The van der Waals surface area contributed by atoms with E-state index >= 15 is 0 Å². The van der Waals surface area contributed by atoms with Crippen molar-refractivity contribution in [2.45, 2.75) is 24.8 Å². The maximum absolute atomic E-state index is 5.49. The smallest absolute Gasteiger partial charge is 0.319 e. The summed E-state index contributed by atoms with van der Waals surface area (Å²) in [7, 11) is 0. The Bertz CT molecular complexity index is 742. The maximum atomic E-state index is 5.49. The second-order valence-corrected chi connectivity index (χ2v) is 5.50. The minimum absolute atomic E-state index is 0.483. The van der Waals surface area contributed by atoms with Crippen molar-refractivity contribution < 1.29 is 4.74 Å². The van der Waals surface area contributed by atoms with E-state index < -0.39 is 0 Å². The molecule has 2 heterocycles. The number of aromatic nitrogens is 4. The van der Waals surface area contributed by atoms with Crippen LogP contribution in [0.2, 0.25) is 0 Å². The summed E-state index contributed by atoms with van der Waals surface area (Å²) >= 11 is 1.61. The first kappa shape index (κ1) is 13.9. The molecule has 0 saturated carbocycles. The molecule has 1 aromatic carbocycles. The predicted molar refractivity (Wildman–Crippen MR) is 82.7 cm³/mol. The Morgan fingerprint density at radius 1 is 1.24 bits per heavy atom. The van der Waals surface area contributed by atoms with Crippen LogP contribution in [0, 0.1) is 6.92 Å². The van der Waals surface area contributed by atoms with Gasteiger partial charge in [0.1, 0.15) is 0 Å². The van der Waals surface area contributed by atoms with Gasteiger partial charge in [-0.15, -0.1) is 5.10 Å². The van der Waals surface area contributed by atoms with Crippen molar-refractivity contribution in [1.29, 1.82) is 0 Å². The number of hydrogen-bond acceptors (Lipinski definition) is 5. The van der Waals surface area contributed by atoms with Crippen LogP contribution in [0.3, 0.4) is 0 Å². The standard InChI is InChI=1S/C15H16N4OS/c1-3-20-15-16-9-11(2)13-17-14(18-19(13)15)21-10-12-7-5-4-6-8-12/h4-9H,3,10H2,1-2H3. The zero-order chi connectivity index (χ0) is 14.7. The van der Waals surface area contributed by atoms with E-state index in [1.807, 2.05) is 32.0 Å². The van der Waals surface area contributed by atoms with Gasteiger partial charge in [0.05, 0.1) is 6.61 Å². The van der Waals surface area contributed by atoms with Crippen molar-refractivity contribution in [3.8, 4) is 6.01 Å². The van der Waals surface area contributed by atoms with Gasteiger partial charge in [-0.2, -0.15) is 4.52 Å². The molecule has 0 unspecified atom stereocenters. The van der Waals surface area contributed by atoms with Crippen LogP contribution in [0.1, 0.15) is 18.1 Å². The summed E-state index contributed by atoms with van der Waals surface area (Å²) in [5.41, 5.74) is 3.03. The molecule has 0 amide bonds. The number of nitrogens with zero attached hydrogens (tertiary/aromatic N) is 4. The number of hydrogen-bond donors (Lipinski definition) is 0. The van der Waals surface area contributed by atoms with Crippen LogP contribution in [0.5, 0.6) is 6.01 Å². The fourth-order valence-corrected chi connectivity index (χ4v) is 2.74. The highest BCUT2D eigenvalue weighted by Gasteiger charge is 2.12. The molecule has 21 heavy (non-hydrogen) atoms. The summed E-state index contributed by atoms with van der Waals surface area (Å²) in [6.07, 6.45) is 1.76. The van der Waals surface area contributed by atoms with Crippen molar-refractivity contribution in [2.75, 3.05) is 6.61 Å². The largest absolute Gasteiger partial charge is 0.464 e. The third kappa shape index (κ3) is 3.00. The van der Waals surface area contributed by atoms with E-state index in [0.29, 0.717) is 12.6 Å². The van der Waals surface area contributed by atoms with Gasteiger partial charge in [-0.3, -0.25) is 0 Å². The highest BCUT2D eigenvalue weighted by molar-refractivity contribution is 7.98. The number of aryl methyl sites for hydroxylation is 1. The first-order valence-corrected chi connectivity index (χ1v) is 7.78. The van der Waals surface area contributed by atoms with Gasteiger partial charge in [0.15, 0.2) is 5.65 Å². The van der Waals surface area contributed by atoms with E-state index in [9.17, 15) is 0 Å². The lowest BCUT2D eigenvalue weighted by Crippen LogP contribution is -2.03. The van der Waals surface area contributed by atoms with E-state index in [0.717, 1.165) is 22.1 Å². The van der Waals surface area contributed by atoms with Gasteiger partial charge < -0.3 is 4.74 Å². The molecule has 0 aliphatic carbocycles. The first-order valence-electron chi connectivity index (χ1n) is 6.80. The molecule has 0 aliphatic rings. The molecule has 3 aromatic rings. The average molecular weight is 300 g/mol. The number of ether oxygens (including phenoxy) is 1. The Morgan fingerprint density at radius 2 is 2.05 bits per heavy atom. The third-order valence-electron chi connectivity index (χ3n) is 2.97. The van der Waals surface area contributed by atoms with Gasteiger partial charge in [0, 0.05) is 17.5 Å². The molecule has 0 atom stereocenters. The minimum atomic E-state index is 0.483. The van der Waals surface area contributed by atoms with Crippen molar-refractivity contribution in [2.24, 2.45) is 0 Å². The number of benzene rings is 1. The van der Waals surface area contributed by atoms with Gasteiger partial charge in [-0.25, -0.2) is 9.97 Å². The molecule has 0 N–H and O–H groups in total. The fourth-order valence-electron chi connectivity index (χ4n) is 1.96. The van der Waals surface area contributed by atoms with Crippen LogP contribution in [-0.2, 0) is 5.75 Å². The Labute approximate surface area is 127 Å². The Morgan fingerprint density at radius 3 is 2.81 bits per heavy atom. The van der Waals surface area contributed by atoms with Gasteiger partial charge >= 0.3 is 6.01 Å². The summed E-state index contributed by atoms with van der Waals surface area (Å²) in [4.78, 5) is 8.82. The third-order valence-corrected chi connectivity index (χ3v) is 3.88. The molecule has 108 valence electrons. The van der Waals surface area contributed by atoms with Gasteiger partial charge in [0.25, 0.3) is 0 Å². The summed E-state index contributed by atoms with van der Waals surface area (Å²) in [6, 6.07) is 10.8. The molecule has 6 heteroatoms. The molecule has 5 nitrogen and oxygen atoms in total. The molecule has 2 aromatic heterocycles. The normalized spacial score (nSPS) is 11.0. The first-order chi connectivity index (χ1) is 10.3. The second-order valence-electron chi connectivity index (χ2n) is 4.56. The van der Waals surface area contributed by atoms with Crippen molar-refractivity contribution in [3.05, 3.63) is 47.7 Å². The fraction of sp³-hybridized carbons (Fsp3) is 0.267. The molecular weight excluding hydrogens is 284 g/mol. The van der Waals surface area contributed by atoms with E-state index in [1.54, 1.807) is 22.5 Å². The van der Waals surface area contributed by atoms with Crippen LogP contribution in [0.15, 0.2) is 41.7 Å². The van der Waals surface area contributed by atoms with Crippen LogP contribution < -0.4 is 4.74 Å². The van der Waals surface area contributed by atoms with Gasteiger partial charge in [-0.1, -0.05) is 42.1 Å². The predicted octanol–water partition coefficient (Wildman–Crippen LogP) is 3.12. The SMILES string of the molecule is CCOc1ncc(C)c2nc(SCc3ccccc3)nn12. The van der Waals surface area contributed by atoms with Gasteiger partial charge in [0.2, 0.25) is 5.16 Å². The lowest BCUT2D eigenvalue weighted by Gasteiger charge is -2.03. The lowest BCUT2D eigenvalue weighted by atomic mass is 10.2. The molecule has 0 radical (unpaired) electrons. The van der Waals surface area contributed by atoms with E-state index in [-0.39, 0.29) is 0 Å². The summed E-state index contributed by atoms with van der Waals surface area (Å²) in [5, 5.41) is 5.22. The molecule has 0 spiro atoms. The summed E-state index contributed by atoms with van der Waals surface area (Å²) in [6.45, 7) is 4.45. The molecular formula is C15H16N4OS. The number of thioether (sulfide) groups is 1. The lowest BCUT2D eigenvalue weighted by molar-refractivity contribution is 0.302. The van der Waals surface area contributed by atoms with Crippen LogP contribution >= 0.6 is 11.8 Å². The average Bonchev–Trinajstić information content (AvgIpc) is 2.95. The molecule has 0 fully saturated rings. The quantitative estimate of drug-likeness (QED) is 0.678. The van der Waals surface area contributed by atoms with Crippen molar-refractivity contribution in [3.63, 3.8) is 0 Å². The Balaban J connectivity index is 1.86. The molecule has 0 bridgehead atoms. The zero-order valence-electron chi connectivity index (χ0n) is 12.0. The van der Waals surface area contributed by atoms with Crippen molar-refractivity contribution in [1.82, 2.24) is 19.6 Å². The van der Waals surface area contributed by atoms with Gasteiger partial charge in [-0.05, 0) is 19.4 Å². The summed E-state index contributed by atoms with van der Waals surface area (Å²) in [5.74, 6) is 0.841. The number of fused-ring (bicyclic) bond motifs is 1. The highest BCUT2D eigenvalue weighted by atomic mass is 32.2. The topological polar surface area (TPSA) is 52.3 Å². The Kier molecular flexibility index (Phi) is 4.06. The minimum Gasteiger partial charge on any atom is -0.464 e. The van der Waals surface area contributed by atoms with Crippen molar-refractivity contribution >= 4 is 17.4 Å². The van der Waals surface area contributed by atoms with Crippen LogP contribution in [-0.4, -0.2) is 26.2 Å². The maximum Gasteiger partial charge on any atom is 0.319 e. The van der Waals surface area contributed by atoms with E-state index in [4.69, 9.17) is 4.74 Å². The summed E-state index contributed by atoms with van der Waals surface area (Å²) < 4.78 is 7.16. The number of rotatable bonds is 5. The van der Waals surface area contributed by atoms with E-state index in [1.165, 1.54) is 5.56 Å². The van der Waals surface area contributed by atoms with E-state index in [2.05, 4.69) is 27.2 Å². The molecule has 0 aliphatic heterocycles. The molecule has 3 rings (SSSR count). The highest BCUT2D eigenvalue weighted by Crippen LogP contribution is 2.22. The zero-order valence-corrected chi connectivity index (χ0v) is 12.8. The monoisotopic (exact) mass is 300 g/mol.